The summed E-state index contributed by atoms with van der Waals surface area (Å²) < 4.78 is 25.2. The minimum absolute atomic E-state index is 0.156. The van der Waals surface area contributed by atoms with E-state index >= 15 is 0 Å². The molecule has 3 heteroatoms. The Kier molecular flexibility index (Phi) is 2.94. The maximum atomic E-state index is 12.8. The zero-order valence-corrected chi connectivity index (χ0v) is 6.30. The van der Waals surface area contributed by atoms with Gasteiger partial charge in [-0.2, -0.15) is 0 Å². The number of aliphatic hydroxyl groups is 1. The summed E-state index contributed by atoms with van der Waals surface area (Å²) in [6.07, 6.45) is 2.78. The monoisotopic (exact) mass is 170 g/mol. The minimum atomic E-state index is -0.625. The number of halogens is 2. The number of rotatable bonds is 2. The first-order valence-corrected chi connectivity index (χ1v) is 3.46. The van der Waals surface area contributed by atoms with E-state index in [1.807, 2.05) is 0 Å². The van der Waals surface area contributed by atoms with E-state index < -0.39 is 11.6 Å². The molecule has 12 heavy (non-hydrogen) atoms. The number of benzene rings is 1. The predicted molar refractivity (Wildman–Crippen MR) is 42.5 cm³/mol. The summed E-state index contributed by atoms with van der Waals surface area (Å²) in [4.78, 5) is 0. The lowest BCUT2D eigenvalue weighted by molar-refractivity contribution is 0.343. The van der Waals surface area contributed by atoms with E-state index in [0.717, 1.165) is 6.07 Å². The Morgan fingerprint density at radius 1 is 1.33 bits per heavy atom. The Balaban J connectivity index is 2.94. The zero-order valence-electron chi connectivity index (χ0n) is 6.30. The number of hydrogen-bond donors (Lipinski definition) is 1. The largest absolute Gasteiger partial charge is 0.392 e. The summed E-state index contributed by atoms with van der Waals surface area (Å²) in [7, 11) is 0. The Bertz CT molecular complexity index is 295. The molecule has 0 radical (unpaired) electrons. The first-order valence-electron chi connectivity index (χ1n) is 3.46. The van der Waals surface area contributed by atoms with Crippen LogP contribution in [0.15, 0.2) is 24.3 Å². The molecule has 1 nitrogen and oxygen atoms in total. The molecule has 0 fully saturated rings. The summed E-state index contributed by atoms with van der Waals surface area (Å²) in [5, 5.41) is 8.39. The van der Waals surface area contributed by atoms with Gasteiger partial charge < -0.3 is 5.11 Å². The summed E-state index contributed by atoms with van der Waals surface area (Å²) in [6.45, 7) is -0.156. The molecule has 0 unspecified atom stereocenters. The number of aliphatic hydroxyl groups excluding tert-OH is 1. The van der Waals surface area contributed by atoms with E-state index in [1.165, 1.54) is 24.3 Å². The van der Waals surface area contributed by atoms with Gasteiger partial charge in [0.2, 0.25) is 0 Å². The second kappa shape index (κ2) is 3.97. The highest BCUT2D eigenvalue weighted by Crippen LogP contribution is 2.10. The van der Waals surface area contributed by atoms with Gasteiger partial charge in [0.1, 0.15) is 11.6 Å². The third-order valence-electron chi connectivity index (χ3n) is 1.37. The van der Waals surface area contributed by atoms with Gasteiger partial charge in [-0.25, -0.2) is 8.78 Å². The molecule has 1 rings (SSSR count). The van der Waals surface area contributed by atoms with Crippen LogP contribution >= 0.6 is 0 Å². The molecule has 0 atom stereocenters. The fraction of sp³-hybridized carbons (Fsp3) is 0.111. The lowest BCUT2D eigenvalue weighted by Gasteiger charge is -1.95. The Labute approximate surface area is 69.0 Å². The molecule has 0 aliphatic heterocycles. The van der Waals surface area contributed by atoms with E-state index in [0.29, 0.717) is 0 Å². The van der Waals surface area contributed by atoms with Crippen molar-refractivity contribution in [3.63, 3.8) is 0 Å². The van der Waals surface area contributed by atoms with Crippen LogP contribution < -0.4 is 0 Å². The SMILES string of the molecule is OC/C=C/c1ccc(F)cc1F. The summed E-state index contributed by atoms with van der Waals surface area (Å²) in [5.74, 6) is -1.23. The molecular formula is C9H8F2O. The highest BCUT2D eigenvalue weighted by molar-refractivity contribution is 5.49. The van der Waals surface area contributed by atoms with Gasteiger partial charge in [0, 0.05) is 11.6 Å². The fourth-order valence-corrected chi connectivity index (χ4v) is 0.816. The molecule has 1 aromatic carbocycles. The van der Waals surface area contributed by atoms with Gasteiger partial charge >= 0.3 is 0 Å². The van der Waals surface area contributed by atoms with Crippen molar-refractivity contribution >= 4 is 6.08 Å². The normalized spacial score (nSPS) is 10.9. The molecular weight excluding hydrogens is 162 g/mol. The summed E-state index contributed by atoms with van der Waals surface area (Å²) in [6, 6.07) is 3.29. The molecule has 0 spiro atoms. The molecule has 0 bridgehead atoms. The first kappa shape index (κ1) is 8.87. The average Bonchev–Trinajstić information content (AvgIpc) is 2.03. The molecule has 1 N–H and O–H groups in total. The van der Waals surface area contributed by atoms with Crippen molar-refractivity contribution in [2.75, 3.05) is 6.61 Å². The van der Waals surface area contributed by atoms with Crippen LogP contribution in [0, 0.1) is 11.6 Å². The molecule has 0 saturated carbocycles. The lowest BCUT2D eigenvalue weighted by atomic mass is 10.2. The van der Waals surface area contributed by atoms with Crippen LogP contribution in [-0.2, 0) is 0 Å². The molecule has 0 saturated heterocycles. The zero-order chi connectivity index (χ0) is 8.97. The van der Waals surface area contributed by atoms with Crippen LogP contribution in [0.1, 0.15) is 5.56 Å². The summed E-state index contributed by atoms with van der Waals surface area (Å²) in [5.41, 5.74) is 0.269. The third kappa shape index (κ3) is 2.13. The van der Waals surface area contributed by atoms with E-state index in [2.05, 4.69) is 0 Å². The molecule has 1 aromatic rings. The molecule has 64 valence electrons. The fourth-order valence-electron chi connectivity index (χ4n) is 0.816. The lowest BCUT2D eigenvalue weighted by Crippen LogP contribution is -1.84. The minimum Gasteiger partial charge on any atom is -0.392 e. The van der Waals surface area contributed by atoms with Crippen molar-refractivity contribution in [2.45, 2.75) is 0 Å². The maximum absolute atomic E-state index is 12.8. The van der Waals surface area contributed by atoms with E-state index in [4.69, 9.17) is 5.11 Å². The Hall–Kier alpha value is -1.22. The van der Waals surface area contributed by atoms with Crippen molar-refractivity contribution in [2.24, 2.45) is 0 Å². The van der Waals surface area contributed by atoms with Gasteiger partial charge in [-0.1, -0.05) is 12.2 Å². The second-order valence-electron chi connectivity index (χ2n) is 2.25. The van der Waals surface area contributed by atoms with Crippen molar-refractivity contribution in [3.8, 4) is 0 Å². The Morgan fingerprint density at radius 3 is 2.67 bits per heavy atom. The predicted octanol–water partition coefficient (Wildman–Crippen LogP) is 1.97. The van der Waals surface area contributed by atoms with E-state index in [-0.39, 0.29) is 12.2 Å². The van der Waals surface area contributed by atoms with Crippen LogP contribution in [0.5, 0.6) is 0 Å². The van der Waals surface area contributed by atoms with Crippen LogP contribution in [-0.4, -0.2) is 11.7 Å². The van der Waals surface area contributed by atoms with Gasteiger partial charge in [0.05, 0.1) is 6.61 Å². The smallest absolute Gasteiger partial charge is 0.133 e. The second-order valence-corrected chi connectivity index (χ2v) is 2.25. The maximum Gasteiger partial charge on any atom is 0.133 e. The van der Waals surface area contributed by atoms with Crippen molar-refractivity contribution in [1.29, 1.82) is 0 Å². The first-order chi connectivity index (χ1) is 5.74. The van der Waals surface area contributed by atoms with E-state index in [9.17, 15) is 8.78 Å². The standard InChI is InChI=1S/C9H8F2O/c10-8-4-3-7(2-1-5-12)9(11)6-8/h1-4,6,12H,5H2/b2-1+. The molecule has 0 heterocycles. The van der Waals surface area contributed by atoms with Crippen molar-refractivity contribution in [1.82, 2.24) is 0 Å². The average molecular weight is 170 g/mol. The van der Waals surface area contributed by atoms with Crippen LogP contribution in [0.2, 0.25) is 0 Å². The van der Waals surface area contributed by atoms with Crippen LogP contribution in [0.4, 0.5) is 8.78 Å². The molecule has 0 aliphatic rings. The highest BCUT2D eigenvalue weighted by atomic mass is 19.1. The Morgan fingerprint density at radius 2 is 2.08 bits per heavy atom. The van der Waals surface area contributed by atoms with Gasteiger partial charge in [-0.3, -0.25) is 0 Å². The molecule has 0 aliphatic carbocycles. The molecule has 0 amide bonds. The molecule has 0 aromatic heterocycles. The summed E-state index contributed by atoms with van der Waals surface area (Å²) >= 11 is 0. The van der Waals surface area contributed by atoms with Gasteiger partial charge in [-0.05, 0) is 12.1 Å². The highest BCUT2D eigenvalue weighted by Gasteiger charge is 1.98. The quantitative estimate of drug-likeness (QED) is 0.719. The van der Waals surface area contributed by atoms with E-state index in [1.54, 1.807) is 0 Å². The third-order valence-corrected chi connectivity index (χ3v) is 1.37. The van der Waals surface area contributed by atoms with Crippen LogP contribution in [0.3, 0.4) is 0 Å². The van der Waals surface area contributed by atoms with Crippen molar-refractivity contribution < 1.29 is 13.9 Å². The van der Waals surface area contributed by atoms with Crippen LogP contribution in [0.25, 0.3) is 6.08 Å². The van der Waals surface area contributed by atoms with Gasteiger partial charge in [0.15, 0.2) is 0 Å². The number of hydrogen-bond acceptors (Lipinski definition) is 1. The van der Waals surface area contributed by atoms with Crippen molar-refractivity contribution in [3.05, 3.63) is 41.5 Å². The van der Waals surface area contributed by atoms with Gasteiger partial charge in [-0.15, -0.1) is 0 Å². The van der Waals surface area contributed by atoms with Gasteiger partial charge in [0.25, 0.3) is 0 Å². The topological polar surface area (TPSA) is 20.2 Å².